The van der Waals surface area contributed by atoms with Gasteiger partial charge in [-0.1, -0.05) is 18.2 Å². The largest absolute Gasteiger partial charge is 0.471 e. The van der Waals surface area contributed by atoms with Gasteiger partial charge in [0.05, 0.1) is 44.6 Å². The zero-order valence-electron chi connectivity index (χ0n) is 26.0. The molecule has 0 saturated carbocycles. The number of likely N-dealkylation sites (tertiary alicyclic amines) is 1. The zero-order chi connectivity index (χ0) is 33.7. The monoisotopic (exact) mass is 695 g/mol. The van der Waals surface area contributed by atoms with Crippen LogP contribution in [0.5, 0.6) is 11.9 Å². The number of carbonyl (C=O) groups excluding carboxylic acids is 1. The molecular formula is C33H32ClF2N7O4S. The number of carbonyl (C=O) groups is 1. The van der Waals surface area contributed by atoms with Crippen LogP contribution in [0.3, 0.4) is 0 Å². The minimum atomic E-state index is -0.938. The number of methoxy groups -OCH3 is 1. The van der Waals surface area contributed by atoms with Crippen LogP contribution < -0.4 is 15.2 Å². The second-order valence-corrected chi connectivity index (χ2v) is 13.7. The smallest absolute Gasteiger partial charge is 0.320 e. The highest BCUT2D eigenvalue weighted by Crippen LogP contribution is 2.45. The maximum atomic E-state index is 14.9. The van der Waals surface area contributed by atoms with Gasteiger partial charge >= 0.3 is 6.01 Å². The molecule has 6 heterocycles. The number of alkyl halides is 1. The number of anilines is 1. The van der Waals surface area contributed by atoms with Crippen molar-refractivity contribution in [2.45, 2.75) is 49.5 Å². The molecule has 0 unspecified atom stereocenters. The lowest BCUT2D eigenvalue weighted by molar-refractivity contribution is -0.128. The highest BCUT2D eigenvalue weighted by atomic mass is 35.5. The van der Waals surface area contributed by atoms with E-state index in [1.165, 1.54) is 24.4 Å². The lowest BCUT2D eigenvalue weighted by Crippen LogP contribution is -2.44. The molecule has 0 aliphatic carbocycles. The summed E-state index contributed by atoms with van der Waals surface area (Å²) in [6.45, 7) is 5.59. The van der Waals surface area contributed by atoms with E-state index in [4.69, 9.17) is 31.5 Å². The zero-order valence-corrected chi connectivity index (χ0v) is 27.6. The van der Waals surface area contributed by atoms with Gasteiger partial charge in [0.25, 0.3) is 0 Å². The number of hydrogen-bond acceptors (Lipinski definition) is 11. The van der Waals surface area contributed by atoms with E-state index in [1.807, 2.05) is 0 Å². The Morgan fingerprint density at radius 2 is 2.19 bits per heavy atom. The second kappa shape index (κ2) is 12.7. The van der Waals surface area contributed by atoms with Crippen molar-refractivity contribution in [3.05, 3.63) is 47.4 Å². The third kappa shape index (κ3) is 5.38. The first-order valence-electron chi connectivity index (χ1n) is 15.6. The highest BCUT2D eigenvalue weighted by molar-refractivity contribution is 7.23. The topological polar surface area (TPSA) is 140 Å². The summed E-state index contributed by atoms with van der Waals surface area (Å²) < 4.78 is 47.7. The number of amides is 1. The maximum absolute atomic E-state index is 14.9. The third-order valence-corrected chi connectivity index (χ3v) is 11.0. The molecule has 3 aliphatic heterocycles. The van der Waals surface area contributed by atoms with Crippen LogP contribution in [0.25, 0.3) is 32.2 Å². The number of benzene rings is 1. The van der Waals surface area contributed by atoms with Crippen molar-refractivity contribution in [1.82, 2.24) is 24.8 Å². The minimum Gasteiger partial charge on any atom is -0.471 e. The minimum absolute atomic E-state index is 0.0258. The summed E-state index contributed by atoms with van der Waals surface area (Å²) in [5, 5.41) is 10.8. The van der Waals surface area contributed by atoms with E-state index < -0.39 is 29.7 Å². The lowest BCUT2D eigenvalue weighted by Gasteiger charge is -2.31. The number of nitrogen functional groups attached to an aromatic ring is 1. The average molecular weight is 696 g/mol. The SMILES string of the molecule is C=CC(=O)N1CC[C@@H](Oc2nc(OC[C@@]34CCCN3C[C@H](F)C4)nc3c(Cl)c(-c4ccc(F)c5sc(N)c(C#N)c45)ncc23)[C@H]1COC. The van der Waals surface area contributed by atoms with Crippen molar-refractivity contribution < 1.29 is 27.8 Å². The van der Waals surface area contributed by atoms with Crippen molar-refractivity contribution in [2.75, 3.05) is 45.7 Å². The van der Waals surface area contributed by atoms with Crippen molar-refractivity contribution in [3.63, 3.8) is 0 Å². The fourth-order valence-corrected chi connectivity index (χ4v) is 8.61. The molecule has 1 aromatic carbocycles. The number of thiophene rings is 1. The summed E-state index contributed by atoms with van der Waals surface area (Å²) in [6, 6.07) is 4.40. The van der Waals surface area contributed by atoms with Crippen LogP contribution in [0.2, 0.25) is 5.02 Å². The summed E-state index contributed by atoms with van der Waals surface area (Å²) in [7, 11) is 1.55. The fraction of sp³-hybridized carbons (Fsp3) is 0.424. The molecule has 0 spiro atoms. The van der Waals surface area contributed by atoms with Crippen molar-refractivity contribution in [2.24, 2.45) is 0 Å². The van der Waals surface area contributed by atoms with E-state index in [0.717, 1.165) is 30.7 Å². The Balaban J connectivity index is 1.33. The molecule has 3 fully saturated rings. The number of ether oxygens (including phenoxy) is 3. The van der Waals surface area contributed by atoms with E-state index in [9.17, 15) is 18.8 Å². The van der Waals surface area contributed by atoms with Gasteiger partial charge in [0.15, 0.2) is 0 Å². The molecule has 0 bridgehead atoms. The Hall–Kier alpha value is -4.16. The van der Waals surface area contributed by atoms with Gasteiger partial charge in [-0.05, 0) is 37.6 Å². The van der Waals surface area contributed by atoms with Gasteiger partial charge in [0, 0.05) is 50.2 Å². The molecule has 3 saturated heterocycles. The van der Waals surface area contributed by atoms with Gasteiger partial charge in [0.1, 0.15) is 41.3 Å². The predicted octanol–water partition coefficient (Wildman–Crippen LogP) is 5.29. The Bertz CT molecular complexity index is 1990. The Morgan fingerprint density at radius 3 is 2.96 bits per heavy atom. The number of fused-ring (bicyclic) bond motifs is 3. The van der Waals surface area contributed by atoms with Crippen LogP contribution in [-0.4, -0.2) is 94.5 Å². The highest BCUT2D eigenvalue weighted by Gasteiger charge is 2.49. The number of pyridine rings is 1. The fourth-order valence-electron chi connectivity index (χ4n) is 7.36. The predicted molar refractivity (Wildman–Crippen MR) is 177 cm³/mol. The standard InChI is InChI=1S/C33H32ClF2N7O4S/c1-3-24(44)43-10-7-23(22(43)15-45-2)47-31-20-13-39-27(18-5-6-21(36)29-25(18)19(12-37)30(38)48-29)26(34)28(20)40-32(41-31)46-16-33-8-4-9-42(33)14-17(35)11-33/h3,5-6,13,17,22-23H,1,4,7-11,14-16,38H2,2H3/t17-,22-,23-,33+/m1/s1. The van der Waals surface area contributed by atoms with Crippen LogP contribution in [-0.2, 0) is 9.53 Å². The van der Waals surface area contributed by atoms with E-state index in [2.05, 4.69) is 32.5 Å². The quantitative estimate of drug-likeness (QED) is 0.230. The van der Waals surface area contributed by atoms with E-state index in [-0.39, 0.29) is 62.5 Å². The summed E-state index contributed by atoms with van der Waals surface area (Å²) >= 11 is 8.04. The van der Waals surface area contributed by atoms with Crippen LogP contribution in [0.1, 0.15) is 31.2 Å². The number of rotatable bonds is 9. The van der Waals surface area contributed by atoms with Crippen LogP contribution in [0, 0.1) is 17.1 Å². The molecule has 1 amide bonds. The molecule has 2 N–H and O–H groups in total. The number of aromatic nitrogens is 3. The first kappa shape index (κ1) is 32.4. The Morgan fingerprint density at radius 1 is 1.35 bits per heavy atom. The van der Waals surface area contributed by atoms with Crippen molar-refractivity contribution >= 4 is 54.8 Å². The van der Waals surface area contributed by atoms with Gasteiger partial charge in [-0.25, -0.2) is 8.78 Å². The number of nitrogens with zero attached hydrogens (tertiary/aromatic N) is 6. The molecular weight excluding hydrogens is 664 g/mol. The van der Waals surface area contributed by atoms with Crippen molar-refractivity contribution in [3.8, 4) is 29.2 Å². The van der Waals surface area contributed by atoms with Gasteiger partial charge in [0.2, 0.25) is 11.8 Å². The van der Waals surface area contributed by atoms with Crippen LogP contribution in [0.4, 0.5) is 13.8 Å². The number of halogens is 3. The summed E-state index contributed by atoms with van der Waals surface area (Å²) in [5.74, 6) is -0.632. The summed E-state index contributed by atoms with van der Waals surface area (Å²) in [6.07, 6.45) is 3.90. The summed E-state index contributed by atoms with van der Waals surface area (Å²) in [5.41, 5.74) is 6.65. The Labute approximate surface area is 283 Å². The lowest BCUT2D eigenvalue weighted by atomic mass is 9.95. The molecule has 3 aliphatic rings. The second-order valence-electron chi connectivity index (χ2n) is 12.3. The molecule has 0 radical (unpaired) electrons. The van der Waals surface area contributed by atoms with E-state index in [0.29, 0.717) is 42.3 Å². The maximum Gasteiger partial charge on any atom is 0.320 e. The molecule has 4 aromatic rings. The van der Waals surface area contributed by atoms with Crippen LogP contribution in [0.15, 0.2) is 31.0 Å². The number of hydrogen-bond donors (Lipinski definition) is 1. The molecule has 15 heteroatoms. The number of nitrogens with two attached hydrogens (primary N) is 1. The van der Waals surface area contributed by atoms with Gasteiger partial charge in [-0.3, -0.25) is 14.7 Å². The third-order valence-electron chi connectivity index (χ3n) is 9.59. The molecule has 11 nitrogen and oxygen atoms in total. The Kier molecular flexibility index (Phi) is 8.57. The molecule has 3 aromatic heterocycles. The van der Waals surface area contributed by atoms with E-state index >= 15 is 0 Å². The van der Waals surface area contributed by atoms with E-state index in [1.54, 1.807) is 12.0 Å². The normalized spacial score (nSPS) is 23.9. The summed E-state index contributed by atoms with van der Waals surface area (Å²) in [4.78, 5) is 30.3. The van der Waals surface area contributed by atoms with Crippen LogP contribution >= 0.6 is 22.9 Å². The van der Waals surface area contributed by atoms with Gasteiger partial charge in [-0.15, -0.1) is 11.3 Å². The molecule has 250 valence electrons. The first-order chi connectivity index (χ1) is 23.2. The number of nitriles is 1. The molecule has 48 heavy (non-hydrogen) atoms. The first-order valence-corrected chi connectivity index (χ1v) is 16.7. The van der Waals surface area contributed by atoms with Gasteiger partial charge < -0.3 is 24.8 Å². The van der Waals surface area contributed by atoms with Crippen molar-refractivity contribution in [1.29, 1.82) is 5.26 Å². The van der Waals surface area contributed by atoms with Gasteiger partial charge in [-0.2, -0.15) is 15.2 Å². The molecule has 4 atom stereocenters. The average Bonchev–Trinajstić information content (AvgIpc) is 3.82. The molecule has 7 rings (SSSR count).